The second kappa shape index (κ2) is 7.94. The number of rotatable bonds is 8. The third-order valence-corrected chi connectivity index (χ3v) is 7.04. The van der Waals surface area contributed by atoms with Gasteiger partial charge < -0.3 is 15.0 Å². The highest BCUT2D eigenvalue weighted by molar-refractivity contribution is 7.85. The fourth-order valence-electron chi connectivity index (χ4n) is 3.91. The lowest BCUT2D eigenvalue weighted by molar-refractivity contribution is 0.118. The molecule has 4 aromatic rings. The lowest BCUT2D eigenvalue weighted by Gasteiger charge is -2.28. The summed E-state index contributed by atoms with van der Waals surface area (Å²) in [6, 6.07) is 12.8. The number of hydrogen-bond donors (Lipinski definition) is 2. The van der Waals surface area contributed by atoms with Crippen LogP contribution in [0.5, 0.6) is 0 Å². The third kappa shape index (κ3) is 3.86. The molecule has 0 amide bonds. The largest absolute Gasteiger partial charge is 0.394 e. The molecule has 30 heavy (non-hydrogen) atoms. The van der Waals surface area contributed by atoms with Crippen molar-refractivity contribution in [1.82, 2.24) is 9.88 Å². The van der Waals surface area contributed by atoms with Gasteiger partial charge in [0, 0.05) is 39.5 Å². The summed E-state index contributed by atoms with van der Waals surface area (Å²) >= 11 is 1.69. The van der Waals surface area contributed by atoms with E-state index in [1.165, 1.54) is 31.9 Å². The van der Waals surface area contributed by atoms with Crippen LogP contribution in [0.2, 0.25) is 0 Å². The topological polar surface area (TPSA) is 80.6 Å². The summed E-state index contributed by atoms with van der Waals surface area (Å²) in [5.74, 6) is 0. The van der Waals surface area contributed by atoms with E-state index in [0.29, 0.717) is 6.54 Å². The average molecular weight is 447 g/mol. The Morgan fingerprint density at radius 2 is 1.97 bits per heavy atom. The van der Waals surface area contributed by atoms with E-state index in [1.807, 2.05) is 0 Å². The highest BCUT2D eigenvalue weighted by Gasteiger charge is 2.26. The van der Waals surface area contributed by atoms with Crippen molar-refractivity contribution < 1.29 is 17.7 Å². The standard InChI is InChI=1S/C22H26N2O4S2/c1-4-24-19-8-6-5-7-16(19)18-11-15(21-17(20(18)24)9-10-29-21)12-23-22(2,13-25)14-28-30(3,26)27/h5-11,23,25H,4,12-14H2,1-3H3. The fourth-order valence-corrected chi connectivity index (χ4v) is 5.30. The summed E-state index contributed by atoms with van der Waals surface area (Å²) in [7, 11) is -3.58. The number of aliphatic hydroxyl groups is 1. The maximum atomic E-state index is 11.4. The first-order valence-corrected chi connectivity index (χ1v) is 12.6. The number of aryl methyl sites for hydroxylation is 1. The van der Waals surface area contributed by atoms with Crippen LogP contribution in [-0.4, -0.2) is 43.1 Å². The monoisotopic (exact) mass is 446 g/mol. The molecule has 1 atom stereocenters. The zero-order valence-electron chi connectivity index (χ0n) is 17.3. The van der Waals surface area contributed by atoms with Crippen molar-refractivity contribution in [3.05, 3.63) is 47.3 Å². The van der Waals surface area contributed by atoms with Crippen molar-refractivity contribution in [2.45, 2.75) is 32.5 Å². The van der Waals surface area contributed by atoms with Crippen molar-refractivity contribution >= 4 is 53.3 Å². The summed E-state index contributed by atoms with van der Waals surface area (Å²) in [5, 5.41) is 18.9. The summed E-state index contributed by atoms with van der Waals surface area (Å²) in [5.41, 5.74) is 2.70. The number of aromatic nitrogens is 1. The van der Waals surface area contributed by atoms with Crippen LogP contribution >= 0.6 is 11.3 Å². The van der Waals surface area contributed by atoms with Gasteiger partial charge in [0.25, 0.3) is 10.1 Å². The van der Waals surface area contributed by atoms with Crippen LogP contribution in [0, 0.1) is 0 Å². The molecule has 0 saturated heterocycles. The lowest BCUT2D eigenvalue weighted by Crippen LogP contribution is -2.49. The Bertz CT molecular complexity index is 1320. The number of thiophene rings is 1. The van der Waals surface area contributed by atoms with Crippen molar-refractivity contribution in [2.24, 2.45) is 0 Å². The highest BCUT2D eigenvalue weighted by Crippen LogP contribution is 2.38. The van der Waals surface area contributed by atoms with Gasteiger partial charge >= 0.3 is 0 Å². The average Bonchev–Trinajstić information content (AvgIpc) is 3.32. The van der Waals surface area contributed by atoms with Gasteiger partial charge in [-0.25, -0.2) is 0 Å². The fraction of sp³-hybridized carbons (Fsp3) is 0.364. The van der Waals surface area contributed by atoms with Crippen LogP contribution in [0.3, 0.4) is 0 Å². The SMILES string of the molecule is CCn1c2ccccc2c2cc(CNC(C)(CO)COS(C)(=O)=O)c3sccc3c21. The van der Waals surface area contributed by atoms with E-state index in [9.17, 15) is 13.5 Å². The van der Waals surface area contributed by atoms with Gasteiger partial charge in [-0.15, -0.1) is 11.3 Å². The lowest BCUT2D eigenvalue weighted by atomic mass is 10.0. The van der Waals surface area contributed by atoms with Crippen molar-refractivity contribution in [2.75, 3.05) is 19.5 Å². The van der Waals surface area contributed by atoms with Crippen LogP contribution in [-0.2, 0) is 27.4 Å². The number of fused-ring (bicyclic) bond motifs is 5. The quantitative estimate of drug-likeness (QED) is 0.402. The van der Waals surface area contributed by atoms with Gasteiger partial charge in [-0.05, 0) is 43.0 Å². The maximum absolute atomic E-state index is 11.4. The van der Waals surface area contributed by atoms with E-state index in [1.54, 1.807) is 18.3 Å². The molecule has 0 spiro atoms. The Morgan fingerprint density at radius 1 is 1.20 bits per heavy atom. The minimum atomic E-state index is -3.58. The molecule has 0 aliphatic heterocycles. The smallest absolute Gasteiger partial charge is 0.264 e. The summed E-state index contributed by atoms with van der Waals surface area (Å²) in [4.78, 5) is 0. The second-order valence-electron chi connectivity index (χ2n) is 7.90. The van der Waals surface area contributed by atoms with Gasteiger partial charge in [-0.3, -0.25) is 4.18 Å². The van der Waals surface area contributed by atoms with Crippen LogP contribution in [0.1, 0.15) is 19.4 Å². The van der Waals surface area contributed by atoms with E-state index in [2.05, 4.69) is 58.6 Å². The maximum Gasteiger partial charge on any atom is 0.264 e. The Hall–Kier alpha value is -1.97. The number of aliphatic hydroxyl groups excluding tert-OH is 1. The van der Waals surface area contributed by atoms with Gasteiger partial charge in [0.15, 0.2) is 0 Å². The molecule has 160 valence electrons. The van der Waals surface area contributed by atoms with E-state index in [-0.39, 0.29) is 13.2 Å². The predicted octanol–water partition coefficient (Wildman–Crippen LogP) is 3.85. The van der Waals surface area contributed by atoms with E-state index < -0.39 is 15.7 Å². The number of hydrogen-bond acceptors (Lipinski definition) is 6. The Morgan fingerprint density at radius 3 is 2.67 bits per heavy atom. The first kappa shape index (κ1) is 21.3. The molecule has 2 heterocycles. The number of nitrogens with one attached hydrogen (secondary N) is 1. The zero-order valence-corrected chi connectivity index (χ0v) is 18.9. The van der Waals surface area contributed by atoms with Crippen LogP contribution in [0.15, 0.2) is 41.8 Å². The molecule has 0 aliphatic rings. The van der Waals surface area contributed by atoms with Crippen LogP contribution in [0.4, 0.5) is 0 Å². The first-order valence-electron chi connectivity index (χ1n) is 9.86. The minimum absolute atomic E-state index is 0.132. The van der Waals surface area contributed by atoms with E-state index >= 15 is 0 Å². The van der Waals surface area contributed by atoms with Crippen molar-refractivity contribution in [3.63, 3.8) is 0 Å². The molecule has 6 nitrogen and oxygen atoms in total. The first-order chi connectivity index (χ1) is 14.3. The summed E-state index contributed by atoms with van der Waals surface area (Å²) in [6.07, 6.45) is 1.01. The molecule has 0 bridgehead atoms. The van der Waals surface area contributed by atoms with Gasteiger partial charge in [0.2, 0.25) is 0 Å². The predicted molar refractivity (Wildman–Crippen MR) is 124 cm³/mol. The molecule has 2 N–H and O–H groups in total. The molecule has 2 aromatic carbocycles. The molecule has 8 heteroatoms. The molecule has 2 aromatic heterocycles. The summed E-state index contributed by atoms with van der Waals surface area (Å²) in [6.45, 7) is 4.92. The Kier molecular flexibility index (Phi) is 5.63. The normalized spacial score (nSPS) is 14.7. The molecule has 4 rings (SSSR count). The molecular formula is C22H26N2O4S2. The highest BCUT2D eigenvalue weighted by atomic mass is 32.2. The van der Waals surface area contributed by atoms with Crippen molar-refractivity contribution in [1.29, 1.82) is 0 Å². The van der Waals surface area contributed by atoms with Crippen LogP contribution in [0.25, 0.3) is 31.9 Å². The molecule has 1 unspecified atom stereocenters. The zero-order chi connectivity index (χ0) is 21.5. The number of nitrogens with zero attached hydrogens (tertiary/aromatic N) is 1. The van der Waals surface area contributed by atoms with Gasteiger partial charge in [-0.1, -0.05) is 18.2 Å². The molecular weight excluding hydrogens is 420 g/mol. The molecule has 0 fully saturated rings. The second-order valence-corrected chi connectivity index (χ2v) is 10.5. The molecule has 0 radical (unpaired) electrons. The minimum Gasteiger partial charge on any atom is -0.394 e. The molecule has 0 saturated carbocycles. The van der Waals surface area contributed by atoms with Gasteiger partial charge in [-0.2, -0.15) is 8.42 Å². The molecule has 0 aliphatic carbocycles. The van der Waals surface area contributed by atoms with Crippen molar-refractivity contribution in [3.8, 4) is 0 Å². The van der Waals surface area contributed by atoms with E-state index in [4.69, 9.17) is 4.18 Å². The van der Waals surface area contributed by atoms with E-state index in [0.717, 1.165) is 18.4 Å². The Labute approximate surface area is 180 Å². The number of para-hydroxylation sites is 1. The Balaban J connectivity index is 1.78. The third-order valence-electron chi connectivity index (χ3n) is 5.50. The van der Waals surface area contributed by atoms with Gasteiger partial charge in [0.1, 0.15) is 0 Å². The number of benzene rings is 2. The van der Waals surface area contributed by atoms with Gasteiger partial charge in [0.05, 0.1) is 30.5 Å². The van der Waals surface area contributed by atoms with Crippen LogP contribution < -0.4 is 5.32 Å². The summed E-state index contributed by atoms with van der Waals surface area (Å²) < 4.78 is 31.2.